The minimum absolute atomic E-state index is 0.196. The molecule has 0 bridgehead atoms. The van der Waals surface area contributed by atoms with Gasteiger partial charge in [0, 0.05) is 17.6 Å². The summed E-state index contributed by atoms with van der Waals surface area (Å²) in [5, 5.41) is 13.6. The average Bonchev–Trinajstić information content (AvgIpc) is 2.91. The summed E-state index contributed by atoms with van der Waals surface area (Å²) in [4.78, 5) is 5.59. The minimum Gasteiger partial charge on any atom is -0.495 e. The van der Waals surface area contributed by atoms with Crippen LogP contribution < -0.4 is 10.1 Å². The lowest BCUT2D eigenvalue weighted by Gasteiger charge is -2.12. The van der Waals surface area contributed by atoms with Gasteiger partial charge in [-0.1, -0.05) is 6.07 Å². The van der Waals surface area contributed by atoms with Gasteiger partial charge < -0.3 is 10.1 Å². The third-order valence-electron chi connectivity index (χ3n) is 3.01. The van der Waals surface area contributed by atoms with Crippen molar-refractivity contribution in [3.8, 4) is 11.8 Å². The van der Waals surface area contributed by atoms with Crippen LogP contribution in [0.4, 0.5) is 0 Å². The number of hydrogen-bond donors (Lipinski definition) is 1. The highest BCUT2D eigenvalue weighted by Gasteiger charge is 2.09. The van der Waals surface area contributed by atoms with Gasteiger partial charge in [-0.3, -0.25) is 0 Å². The fourth-order valence-electron chi connectivity index (χ4n) is 1.88. The number of benzene rings is 1. The third-order valence-corrected chi connectivity index (χ3v) is 4.10. The molecule has 1 unspecified atom stereocenters. The monoisotopic (exact) mass is 287 g/mol. The van der Waals surface area contributed by atoms with E-state index in [4.69, 9.17) is 10.00 Å². The zero-order valence-electron chi connectivity index (χ0n) is 11.8. The molecule has 1 N–H and O–H groups in total. The Morgan fingerprint density at radius 3 is 2.90 bits per heavy atom. The van der Waals surface area contributed by atoms with Crippen LogP contribution in [-0.2, 0) is 6.54 Å². The lowest BCUT2D eigenvalue weighted by atomic mass is 10.1. The summed E-state index contributed by atoms with van der Waals surface area (Å²) in [6, 6.07) is 7.99. The minimum atomic E-state index is 0.196. The fourth-order valence-corrected chi connectivity index (χ4v) is 2.68. The topological polar surface area (TPSA) is 57.9 Å². The summed E-state index contributed by atoms with van der Waals surface area (Å²) in [7, 11) is 1.57. The van der Waals surface area contributed by atoms with E-state index in [9.17, 15) is 0 Å². The van der Waals surface area contributed by atoms with Gasteiger partial charge in [0.05, 0.1) is 18.7 Å². The van der Waals surface area contributed by atoms with Gasteiger partial charge in [-0.15, -0.1) is 11.3 Å². The van der Waals surface area contributed by atoms with E-state index in [1.165, 1.54) is 4.88 Å². The van der Waals surface area contributed by atoms with Crippen molar-refractivity contribution in [3.05, 3.63) is 45.4 Å². The highest BCUT2D eigenvalue weighted by molar-refractivity contribution is 7.11. The number of nitriles is 1. The number of rotatable bonds is 5. The summed E-state index contributed by atoms with van der Waals surface area (Å²) in [6.07, 6.45) is 1.89. The van der Waals surface area contributed by atoms with Crippen molar-refractivity contribution >= 4 is 11.3 Å². The highest BCUT2D eigenvalue weighted by atomic mass is 32.1. The van der Waals surface area contributed by atoms with Crippen LogP contribution in [0.5, 0.6) is 5.75 Å². The first kappa shape index (κ1) is 14.5. The van der Waals surface area contributed by atoms with Crippen molar-refractivity contribution < 1.29 is 4.74 Å². The molecule has 2 rings (SSSR count). The Labute approximate surface area is 123 Å². The molecule has 0 aliphatic rings. The molecule has 0 amide bonds. The molecule has 0 radical (unpaired) electrons. The molecule has 20 heavy (non-hydrogen) atoms. The molecule has 0 aliphatic carbocycles. The molecule has 2 aromatic rings. The standard InChI is InChI=1S/C15H17N3OS/c1-10-8-18-15(20-10)11(2)17-9-12-4-5-14(19-3)13(6-12)7-16/h4-6,8,11,17H,9H2,1-3H3. The van der Waals surface area contributed by atoms with Gasteiger partial charge in [-0.25, -0.2) is 4.98 Å². The number of aryl methyl sites for hydroxylation is 1. The Hall–Kier alpha value is -1.90. The van der Waals surface area contributed by atoms with Gasteiger partial charge in [0.2, 0.25) is 0 Å². The van der Waals surface area contributed by atoms with Crippen molar-refractivity contribution in [1.29, 1.82) is 5.26 Å². The maximum atomic E-state index is 9.07. The number of aromatic nitrogens is 1. The molecule has 0 saturated carbocycles. The van der Waals surface area contributed by atoms with E-state index in [1.807, 2.05) is 24.4 Å². The van der Waals surface area contributed by atoms with Crippen LogP contribution in [0, 0.1) is 18.3 Å². The van der Waals surface area contributed by atoms with Gasteiger partial charge in [-0.2, -0.15) is 5.26 Å². The number of ether oxygens (including phenoxy) is 1. The quantitative estimate of drug-likeness (QED) is 0.917. The van der Waals surface area contributed by atoms with Crippen molar-refractivity contribution in [2.24, 2.45) is 0 Å². The normalized spacial score (nSPS) is 11.9. The smallest absolute Gasteiger partial charge is 0.136 e. The second-order valence-corrected chi connectivity index (χ2v) is 5.82. The summed E-state index contributed by atoms with van der Waals surface area (Å²) in [5.41, 5.74) is 1.62. The number of hydrogen-bond acceptors (Lipinski definition) is 5. The number of methoxy groups -OCH3 is 1. The van der Waals surface area contributed by atoms with E-state index < -0.39 is 0 Å². The Bertz CT molecular complexity index is 630. The molecule has 1 heterocycles. The molecule has 104 valence electrons. The Balaban J connectivity index is 2.02. The molecule has 4 nitrogen and oxygen atoms in total. The lowest BCUT2D eigenvalue weighted by molar-refractivity contribution is 0.413. The molecule has 0 fully saturated rings. The van der Waals surface area contributed by atoms with Crippen LogP contribution >= 0.6 is 11.3 Å². The number of nitrogens with one attached hydrogen (secondary N) is 1. The molecule has 0 aliphatic heterocycles. The van der Waals surface area contributed by atoms with Crippen molar-refractivity contribution in [2.75, 3.05) is 7.11 Å². The third kappa shape index (κ3) is 3.35. The number of nitrogens with zero attached hydrogens (tertiary/aromatic N) is 2. The van der Waals surface area contributed by atoms with Crippen LogP contribution in [0.3, 0.4) is 0 Å². The van der Waals surface area contributed by atoms with E-state index >= 15 is 0 Å². The molecular weight excluding hydrogens is 270 g/mol. The number of thiazole rings is 1. The van der Waals surface area contributed by atoms with E-state index in [-0.39, 0.29) is 6.04 Å². The molecule has 1 atom stereocenters. The van der Waals surface area contributed by atoms with Crippen LogP contribution in [0.15, 0.2) is 24.4 Å². The molecule has 1 aromatic carbocycles. The van der Waals surface area contributed by atoms with Gasteiger partial charge in [0.1, 0.15) is 16.8 Å². The van der Waals surface area contributed by atoms with Crippen LogP contribution in [-0.4, -0.2) is 12.1 Å². The summed E-state index contributed by atoms with van der Waals surface area (Å²) < 4.78 is 5.14. The maximum absolute atomic E-state index is 9.07. The van der Waals surface area contributed by atoms with Gasteiger partial charge >= 0.3 is 0 Å². The van der Waals surface area contributed by atoms with Crippen molar-refractivity contribution in [3.63, 3.8) is 0 Å². The van der Waals surface area contributed by atoms with Gasteiger partial charge in [-0.05, 0) is 31.5 Å². The van der Waals surface area contributed by atoms with E-state index in [0.717, 1.165) is 10.6 Å². The predicted molar refractivity (Wildman–Crippen MR) is 79.8 cm³/mol. The average molecular weight is 287 g/mol. The maximum Gasteiger partial charge on any atom is 0.136 e. The van der Waals surface area contributed by atoms with Crippen LogP contribution in [0.1, 0.15) is 34.0 Å². The first-order chi connectivity index (χ1) is 9.63. The van der Waals surface area contributed by atoms with Crippen LogP contribution in [0.2, 0.25) is 0 Å². The molecule has 5 heteroatoms. The molecule has 1 aromatic heterocycles. The largest absolute Gasteiger partial charge is 0.495 e. The van der Waals surface area contributed by atoms with Crippen molar-refractivity contribution in [2.45, 2.75) is 26.4 Å². The first-order valence-corrected chi connectivity index (χ1v) is 7.18. The second-order valence-electron chi connectivity index (χ2n) is 4.56. The molecule has 0 spiro atoms. The summed E-state index contributed by atoms with van der Waals surface area (Å²) >= 11 is 1.70. The Kier molecular flexibility index (Phi) is 4.72. The zero-order chi connectivity index (χ0) is 14.5. The zero-order valence-corrected chi connectivity index (χ0v) is 12.6. The van der Waals surface area contributed by atoms with Crippen molar-refractivity contribution in [1.82, 2.24) is 10.3 Å². The highest BCUT2D eigenvalue weighted by Crippen LogP contribution is 2.21. The predicted octanol–water partition coefficient (Wildman–Crippen LogP) is 3.18. The summed E-state index contributed by atoms with van der Waals surface area (Å²) in [6.45, 7) is 4.84. The fraction of sp³-hybridized carbons (Fsp3) is 0.333. The van der Waals surface area contributed by atoms with Gasteiger partial charge in [0.15, 0.2) is 0 Å². The van der Waals surface area contributed by atoms with E-state index in [1.54, 1.807) is 18.4 Å². The van der Waals surface area contributed by atoms with E-state index in [2.05, 4.69) is 30.2 Å². The summed E-state index contributed by atoms with van der Waals surface area (Å²) in [5.74, 6) is 0.611. The Morgan fingerprint density at radius 1 is 1.50 bits per heavy atom. The Morgan fingerprint density at radius 2 is 2.30 bits per heavy atom. The molecular formula is C15H17N3OS. The SMILES string of the molecule is COc1ccc(CNC(C)c2ncc(C)s2)cc1C#N. The molecule has 0 saturated heterocycles. The van der Waals surface area contributed by atoms with E-state index in [0.29, 0.717) is 17.9 Å². The second kappa shape index (κ2) is 6.51. The van der Waals surface area contributed by atoms with Crippen LogP contribution in [0.25, 0.3) is 0 Å². The first-order valence-electron chi connectivity index (χ1n) is 6.36. The van der Waals surface area contributed by atoms with Gasteiger partial charge in [0.25, 0.3) is 0 Å². The lowest BCUT2D eigenvalue weighted by Crippen LogP contribution is -2.17.